The molecule has 2 N–H and O–H groups in total. The summed E-state index contributed by atoms with van der Waals surface area (Å²) in [6, 6.07) is 0.459. The van der Waals surface area contributed by atoms with Crippen LogP contribution in [-0.2, 0) is 0 Å². The second kappa shape index (κ2) is 4.40. The van der Waals surface area contributed by atoms with E-state index in [0.717, 1.165) is 5.92 Å². The third kappa shape index (κ3) is 2.22. The van der Waals surface area contributed by atoms with Crippen LogP contribution in [0, 0.1) is 5.92 Å². The van der Waals surface area contributed by atoms with Gasteiger partial charge in [-0.05, 0) is 44.8 Å². The number of aliphatic hydroxyl groups is 1. The summed E-state index contributed by atoms with van der Waals surface area (Å²) in [5.74, 6) is 0.826. The van der Waals surface area contributed by atoms with Crippen LogP contribution in [0.15, 0.2) is 0 Å². The summed E-state index contributed by atoms with van der Waals surface area (Å²) >= 11 is 0. The van der Waals surface area contributed by atoms with Crippen molar-refractivity contribution in [2.24, 2.45) is 5.92 Å². The maximum Gasteiger partial charge on any atom is 0.0586 e. The minimum Gasteiger partial charge on any atom is -0.395 e. The number of likely N-dealkylation sites (tertiary alicyclic amines) is 1. The highest BCUT2D eigenvalue weighted by Crippen LogP contribution is 2.20. The van der Waals surface area contributed by atoms with Crippen molar-refractivity contribution >= 4 is 0 Å². The van der Waals surface area contributed by atoms with Gasteiger partial charge >= 0.3 is 0 Å². The Labute approximate surface area is 80.1 Å². The largest absolute Gasteiger partial charge is 0.395 e. The first-order valence-electron chi connectivity index (χ1n) is 5.46. The summed E-state index contributed by atoms with van der Waals surface area (Å²) in [4.78, 5) is 2.47. The zero-order chi connectivity index (χ0) is 9.10. The summed E-state index contributed by atoms with van der Waals surface area (Å²) in [5.41, 5.74) is 0. The standard InChI is InChI=1S/C10H20N2O/c13-8-10-2-1-5-12(10)7-9-3-4-11-6-9/h9-11,13H,1-8H2. The summed E-state index contributed by atoms with van der Waals surface area (Å²) in [5, 5.41) is 12.5. The van der Waals surface area contributed by atoms with Crippen LogP contribution in [0.1, 0.15) is 19.3 Å². The Morgan fingerprint density at radius 2 is 2.31 bits per heavy atom. The molecule has 3 nitrogen and oxygen atoms in total. The van der Waals surface area contributed by atoms with E-state index >= 15 is 0 Å². The van der Waals surface area contributed by atoms with Crippen molar-refractivity contribution in [3.8, 4) is 0 Å². The topological polar surface area (TPSA) is 35.5 Å². The number of hydrogen-bond donors (Lipinski definition) is 2. The fraction of sp³-hybridized carbons (Fsp3) is 1.00. The molecule has 2 fully saturated rings. The Morgan fingerprint density at radius 1 is 1.38 bits per heavy atom. The number of hydrogen-bond acceptors (Lipinski definition) is 3. The van der Waals surface area contributed by atoms with Crippen molar-refractivity contribution in [1.82, 2.24) is 10.2 Å². The SMILES string of the molecule is OCC1CCCN1CC1CCNC1. The van der Waals surface area contributed by atoms with E-state index in [1.807, 2.05) is 0 Å². The van der Waals surface area contributed by atoms with Crippen molar-refractivity contribution in [3.05, 3.63) is 0 Å². The molecule has 2 aliphatic rings. The van der Waals surface area contributed by atoms with E-state index in [1.165, 1.54) is 45.4 Å². The fourth-order valence-electron chi connectivity index (χ4n) is 2.54. The van der Waals surface area contributed by atoms with Crippen LogP contribution in [0.4, 0.5) is 0 Å². The Hall–Kier alpha value is -0.120. The van der Waals surface area contributed by atoms with Crippen LogP contribution in [0.25, 0.3) is 0 Å². The minimum atomic E-state index is 0.347. The molecule has 2 atom stereocenters. The molecule has 0 amide bonds. The maximum absolute atomic E-state index is 9.15. The van der Waals surface area contributed by atoms with Gasteiger partial charge in [-0.25, -0.2) is 0 Å². The molecule has 2 heterocycles. The van der Waals surface area contributed by atoms with Gasteiger partial charge in [-0.2, -0.15) is 0 Å². The second-order valence-corrected chi connectivity index (χ2v) is 4.33. The lowest BCUT2D eigenvalue weighted by atomic mass is 10.1. The highest BCUT2D eigenvalue weighted by molar-refractivity contribution is 4.82. The van der Waals surface area contributed by atoms with E-state index in [1.54, 1.807) is 0 Å². The number of nitrogens with one attached hydrogen (secondary N) is 1. The molecular formula is C10H20N2O. The molecule has 2 aliphatic heterocycles. The molecule has 0 aliphatic carbocycles. The van der Waals surface area contributed by atoms with Crippen molar-refractivity contribution in [1.29, 1.82) is 0 Å². The number of rotatable bonds is 3. The van der Waals surface area contributed by atoms with E-state index in [-0.39, 0.29) is 0 Å². The molecule has 0 aromatic rings. The van der Waals surface area contributed by atoms with E-state index in [9.17, 15) is 0 Å². The Morgan fingerprint density at radius 3 is 3.00 bits per heavy atom. The van der Waals surface area contributed by atoms with Gasteiger partial charge in [-0.1, -0.05) is 0 Å². The van der Waals surface area contributed by atoms with Gasteiger partial charge in [0, 0.05) is 12.6 Å². The van der Waals surface area contributed by atoms with Gasteiger partial charge < -0.3 is 10.4 Å². The second-order valence-electron chi connectivity index (χ2n) is 4.33. The zero-order valence-electron chi connectivity index (χ0n) is 8.21. The number of nitrogens with zero attached hydrogens (tertiary/aromatic N) is 1. The van der Waals surface area contributed by atoms with Crippen molar-refractivity contribution in [2.75, 3.05) is 32.8 Å². The predicted octanol–water partition coefficient (Wildman–Crippen LogP) is 0.0526. The molecule has 3 heteroatoms. The van der Waals surface area contributed by atoms with E-state index in [4.69, 9.17) is 5.11 Å². The maximum atomic E-state index is 9.15. The molecule has 0 aromatic carbocycles. The first-order chi connectivity index (χ1) is 6.40. The molecular weight excluding hydrogens is 164 g/mol. The molecule has 0 bridgehead atoms. The van der Waals surface area contributed by atoms with Crippen LogP contribution in [0.3, 0.4) is 0 Å². The molecule has 0 spiro atoms. The van der Waals surface area contributed by atoms with E-state index in [2.05, 4.69) is 10.2 Å². The number of aliphatic hydroxyl groups excluding tert-OH is 1. The Balaban J connectivity index is 1.79. The fourth-order valence-corrected chi connectivity index (χ4v) is 2.54. The van der Waals surface area contributed by atoms with Gasteiger partial charge in [0.1, 0.15) is 0 Å². The molecule has 13 heavy (non-hydrogen) atoms. The van der Waals surface area contributed by atoms with Crippen LogP contribution < -0.4 is 5.32 Å². The predicted molar refractivity (Wildman–Crippen MR) is 52.7 cm³/mol. The minimum absolute atomic E-state index is 0.347. The zero-order valence-corrected chi connectivity index (χ0v) is 8.21. The summed E-state index contributed by atoms with van der Waals surface area (Å²) in [7, 11) is 0. The van der Waals surface area contributed by atoms with E-state index < -0.39 is 0 Å². The molecule has 0 saturated carbocycles. The monoisotopic (exact) mass is 184 g/mol. The lowest BCUT2D eigenvalue weighted by Gasteiger charge is -2.25. The van der Waals surface area contributed by atoms with Gasteiger partial charge in [0.25, 0.3) is 0 Å². The van der Waals surface area contributed by atoms with Crippen molar-refractivity contribution in [3.63, 3.8) is 0 Å². The van der Waals surface area contributed by atoms with Crippen LogP contribution in [0.5, 0.6) is 0 Å². The van der Waals surface area contributed by atoms with Crippen molar-refractivity contribution in [2.45, 2.75) is 25.3 Å². The molecule has 0 aromatic heterocycles. The smallest absolute Gasteiger partial charge is 0.0586 e. The van der Waals surface area contributed by atoms with Gasteiger partial charge in [0.05, 0.1) is 6.61 Å². The lowest BCUT2D eigenvalue weighted by molar-refractivity contribution is 0.145. The molecule has 0 radical (unpaired) electrons. The van der Waals surface area contributed by atoms with Crippen LogP contribution in [0.2, 0.25) is 0 Å². The molecule has 76 valence electrons. The quantitative estimate of drug-likeness (QED) is 0.651. The summed E-state index contributed by atoms with van der Waals surface area (Å²) in [6.07, 6.45) is 3.77. The highest BCUT2D eigenvalue weighted by Gasteiger charge is 2.26. The van der Waals surface area contributed by atoms with Gasteiger partial charge in [-0.3, -0.25) is 4.90 Å². The molecule has 2 saturated heterocycles. The first kappa shape index (κ1) is 9.44. The highest BCUT2D eigenvalue weighted by atomic mass is 16.3. The lowest BCUT2D eigenvalue weighted by Crippen LogP contribution is -2.36. The Kier molecular flexibility index (Phi) is 3.19. The average Bonchev–Trinajstić information content (AvgIpc) is 2.76. The average molecular weight is 184 g/mol. The van der Waals surface area contributed by atoms with Gasteiger partial charge in [0.2, 0.25) is 0 Å². The molecule has 2 rings (SSSR count). The molecule has 2 unspecified atom stereocenters. The van der Waals surface area contributed by atoms with Crippen LogP contribution in [-0.4, -0.2) is 48.8 Å². The summed E-state index contributed by atoms with van der Waals surface area (Å²) < 4.78 is 0. The first-order valence-corrected chi connectivity index (χ1v) is 5.46. The van der Waals surface area contributed by atoms with Gasteiger partial charge in [0.15, 0.2) is 0 Å². The normalized spacial score (nSPS) is 35.8. The van der Waals surface area contributed by atoms with Gasteiger partial charge in [-0.15, -0.1) is 0 Å². The van der Waals surface area contributed by atoms with Crippen molar-refractivity contribution < 1.29 is 5.11 Å². The van der Waals surface area contributed by atoms with E-state index in [0.29, 0.717) is 12.6 Å². The Bertz CT molecular complexity index is 157. The van der Waals surface area contributed by atoms with Crippen LogP contribution >= 0.6 is 0 Å². The third-order valence-electron chi connectivity index (χ3n) is 3.36. The third-order valence-corrected chi connectivity index (χ3v) is 3.36. The summed E-state index contributed by atoms with van der Waals surface area (Å²) in [6.45, 7) is 5.09.